The fourth-order valence-corrected chi connectivity index (χ4v) is 5.99. The minimum atomic E-state index is -3.44. The van der Waals surface area contributed by atoms with Gasteiger partial charge in [0.2, 0.25) is 21.8 Å². The quantitative estimate of drug-likeness (QED) is 0.553. The van der Waals surface area contributed by atoms with Gasteiger partial charge in [0.05, 0.1) is 10.8 Å². The van der Waals surface area contributed by atoms with Gasteiger partial charge in [0.25, 0.3) is 0 Å². The molecule has 2 aliphatic heterocycles. The average molecular weight is 479 g/mol. The van der Waals surface area contributed by atoms with E-state index in [2.05, 4.69) is 10.2 Å². The summed E-state index contributed by atoms with van der Waals surface area (Å²) in [6.07, 6.45) is 5.78. The van der Waals surface area contributed by atoms with Crippen molar-refractivity contribution in [1.82, 2.24) is 19.4 Å². The lowest BCUT2D eigenvalue weighted by Crippen LogP contribution is -2.34. The van der Waals surface area contributed by atoms with Gasteiger partial charge in [-0.1, -0.05) is 25.0 Å². The monoisotopic (exact) mass is 478 g/mol. The van der Waals surface area contributed by atoms with Crippen LogP contribution in [0.15, 0.2) is 29.2 Å². The van der Waals surface area contributed by atoms with E-state index in [-0.39, 0.29) is 24.2 Å². The fourth-order valence-electron chi connectivity index (χ4n) is 4.48. The molecule has 2 saturated heterocycles. The highest BCUT2D eigenvalue weighted by Gasteiger charge is 2.33. The van der Waals surface area contributed by atoms with E-state index in [0.29, 0.717) is 44.0 Å². The van der Waals surface area contributed by atoms with Crippen molar-refractivity contribution < 1.29 is 18.0 Å². The topological polar surface area (TPSA) is 90.0 Å². The molecule has 1 aromatic carbocycles. The van der Waals surface area contributed by atoms with E-state index >= 15 is 0 Å². The molecular weight excluding hydrogens is 440 g/mol. The molecule has 2 aliphatic rings. The molecule has 9 heteroatoms. The van der Waals surface area contributed by atoms with Crippen LogP contribution in [0, 0.1) is 5.92 Å². The highest BCUT2D eigenvalue weighted by atomic mass is 32.2. The molecule has 0 spiro atoms. The molecule has 3 rings (SSSR count). The standard InChI is InChI=1S/C24H38N4O4S/c1-26(2)14-7-15-27-19-21(18-23(27)29)24(30)25-13-12-20-8-10-22(11-9-20)33(31,32)28-16-5-3-4-6-17-28/h8-11,21H,3-7,12-19H2,1-2H3,(H,25,30). The summed E-state index contributed by atoms with van der Waals surface area (Å²) >= 11 is 0. The first kappa shape index (κ1) is 25.6. The number of amides is 2. The van der Waals surface area contributed by atoms with Gasteiger partial charge in [0, 0.05) is 39.1 Å². The average Bonchev–Trinajstić information content (AvgIpc) is 2.97. The molecule has 1 atom stereocenters. The number of nitrogens with zero attached hydrogens (tertiary/aromatic N) is 3. The number of rotatable bonds is 10. The molecule has 2 fully saturated rings. The van der Waals surface area contributed by atoms with Crippen LogP contribution in [0.1, 0.15) is 44.1 Å². The lowest BCUT2D eigenvalue weighted by molar-refractivity contribution is -0.129. The third kappa shape index (κ3) is 7.25. The minimum Gasteiger partial charge on any atom is -0.355 e. The molecule has 184 valence electrons. The number of carbonyl (C=O) groups is 2. The van der Waals surface area contributed by atoms with Gasteiger partial charge in [-0.3, -0.25) is 9.59 Å². The Morgan fingerprint density at radius 1 is 1.09 bits per heavy atom. The van der Waals surface area contributed by atoms with Gasteiger partial charge in [-0.05, 0) is 64.0 Å². The largest absolute Gasteiger partial charge is 0.355 e. The molecule has 1 unspecified atom stereocenters. The Morgan fingerprint density at radius 3 is 2.39 bits per heavy atom. The second kappa shape index (κ2) is 11.9. The summed E-state index contributed by atoms with van der Waals surface area (Å²) in [7, 11) is 0.564. The third-order valence-corrected chi connectivity index (χ3v) is 8.37. The van der Waals surface area contributed by atoms with Gasteiger partial charge in [-0.2, -0.15) is 4.31 Å². The van der Waals surface area contributed by atoms with Crippen LogP contribution in [0.5, 0.6) is 0 Å². The van der Waals surface area contributed by atoms with Crippen LogP contribution in [0.4, 0.5) is 0 Å². The molecule has 2 amide bonds. The fraction of sp³-hybridized carbons (Fsp3) is 0.667. The van der Waals surface area contributed by atoms with Gasteiger partial charge < -0.3 is 15.1 Å². The normalized spacial score (nSPS) is 20.3. The number of benzene rings is 1. The van der Waals surface area contributed by atoms with Gasteiger partial charge in [-0.15, -0.1) is 0 Å². The van der Waals surface area contributed by atoms with Crippen molar-refractivity contribution in [1.29, 1.82) is 0 Å². The summed E-state index contributed by atoms with van der Waals surface area (Å²) in [6.45, 7) is 3.73. The van der Waals surface area contributed by atoms with Crippen molar-refractivity contribution in [3.05, 3.63) is 29.8 Å². The first-order valence-electron chi connectivity index (χ1n) is 12.1. The summed E-state index contributed by atoms with van der Waals surface area (Å²) < 4.78 is 27.4. The zero-order chi connectivity index (χ0) is 23.8. The second-order valence-electron chi connectivity index (χ2n) is 9.40. The summed E-state index contributed by atoms with van der Waals surface area (Å²) in [4.78, 5) is 28.9. The van der Waals surface area contributed by atoms with Crippen molar-refractivity contribution >= 4 is 21.8 Å². The van der Waals surface area contributed by atoms with E-state index in [4.69, 9.17) is 0 Å². The molecule has 8 nitrogen and oxygen atoms in total. The third-order valence-electron chi connectivity index (χ3n) is 6.46. The van der Waals surface area contributed by atoms with E-state index in [1.807, 2.05) is 26.2 Å². The number of sulfonamides is 1. The van der Waals surface area contributed by atoms with Gasteiger partial charge in [-0.25, -0.2) is 8.42 Å². The maximum Gasteiger partial charge on any atom is 0.243 e. The highest BCUT2D eigenvalue weighted by Crippen LogP contribution is 2.21. The van der Waals surface area contributed by atoms with Crippen LogP contribution in [0.25, 0.3) is 0 Å². The lowest BCUT2D eigenvalue weighted by Gasteiger charge is -2.20. The summed E-state index contributed by atoms with van der Waals surface area (Å²) in [5.41, 5.74) is 0.970. The first-order valence-corrected chi connectivity index (χ1v) is 13.5. The molecule has 0 radical (unpaired) electrons. The van der Waals surface area contributed by atoms with Crippen molar-refractivity contribution in [2.24, 2.45) is 5.92 Å². The number of hydrogen-bond acceptors (Lipinski definition) is 5. The van der Waals surface area contributed by atoms with Crippen LogP contribution >= 0.6 is 0 Å². The van der Waals surface area contributed by atoms with Crippen LogP contribution in [0.2, 0.25) is 0 Å². The number of nitrogens with one attached hydrogen (secondary N) is 1. The molecular formula is C24H38N4O4S. The summed E-state index contributed by atoms with van der Waals surface area (Å²) in [5.74, 6) is -0.327. The first-order chi connectivity index (χ1) is 15.8. The Morgan fingerprint density at radius 2 is 1.76 bits per heavy atom. The second-order valence-corrected chi connectivity index (χ2v) is 11.3. The Hall–Kier alpha value is -1.97. The smallest absolute Gasteiger partial charge is 0.243 e. The van der Waals surface area contributed by atoms with E-state index in [0.717, 1.165) is 44.2 Å². The number of hydrogen-bond donors (Lipinski definition) is 1. The molecule has 0 saturated carbocycles. The van der Waals surface area contributed by atoms with Gasteiger partial charge in [0.1, 0.15) is 0 Å². The van der Waals surface area contributed by atoms with Gasteiger partial charge in [0.15, 0.2) is 0 Å². The summed E-state index contributed by atoms with van der Waals surface area (Å²) in [5, 5.41) is 2.94. The minimum absolute atomic E-state index is 0.0510. The Bertz CT molecular complexity index is 894. The highest BCUT2D eigenvalue weighted by molar-refractivity contribution is 7.89. The predicted octanol–water partition coefficient (Wildman–Crippen LogP) is 1.71. The Balaban J connectivity index is 1.44. The van der Waals surface area contributed by atoms with E-state index in [1.165, 1.54) is 0 Å². The molecule has 0 aliphatic carbocycles. The van der Waals surface area contributed by atoms with Gasteiger partial charge >= 0.3 is 0 Å². The maximum atomic E-state index is 12.9. The molecule has 0 bridgehead atoms. The number of carbonyl (C=O) groups excluding carboxylic acids is 2. The molecule has 2 heterocycles. The van der Waals surface area contributed by atoms with Crippen molar-refractivity contribution in [2.45, 2.75) is 49.8 Å². The van der Waals surface area contributed by atoms with Crippen molar-refractivity contribution in [3.63, 3.8) is 0 Å². The molecule has 33 heavy (non-hydrogen) atoms. The van der Waals surface area contributed by atoms with E-state index in [1.54, 1.807) is 21.3 Å². The predicted molar refractivity (Wildman–Crippen MR) is 128 cm³/mol. The van der Waals surface area contributed by atoms with Crippen molar-refractivity contribution in [3.8, 4) is 0 Å². The zero-order valence-electron chi connectivity index (χ0n) is 20.0. The molecule has 0 aromatic heterocycles. The SMILES string of the molecule is CN(C)CCCN1CC(C(=O)NCCc2ccc(S(=O)(=O)N3CCCCCC3)cc2)CC1=O. The van der Waals surface area contributed by atoms with Crippen LogP contribution < -0.4 is 5.32 Å². The zero-order valence-corrected chi connectivity index (χ0v) is 20.8. The maximum absolute atomic E-state index is 12.9. The Kier molecular flexibility index (Phi) is 9.28. The van der Waals surface area contributed by atoms with E-state index < -0.39 is 10.0 Å². The van der Waals surface area contributed by atoms with Crippen LogP contribution in [-0.2, 0) is 26.0 Å². The number of likely N-dealkylation sites (tertiary alicyclic amines) is 1. The summed E-state index contributed by atoms with van der Waals surface area (Å²) in [6, 6.07) is 6.97. The van der Waals surface area contributed by atoms with Crippen LogP contribution in [0.3, 0.4) is 0 Å². The van der Waals surface area contributed by atoms with Crippen molar-refractivity contribution in [2.75, 3.05) is 53.4 Å². The Labute approximate surface area is 198 Å². The molecule has 1 N–H and O–H groups in total. The van der Waals surface area contributed by atoms with E-state index in [9.17, 15) is 18.0 Å². The lowest BCUT2D eigenvalue weighted by atomic mass is 10.1. The van der Waals surface area contributed by atoms with Crippen LogP contribution in [-0.4, -0.2) is 87.7 Å². The molecule has 1 aromatic rings.